The molecule has 4 nitrogen and oxygen atoms in total. The number of aliphatic carboxylic acids is 1. The number of halogens is 1. The van der Waals surface area contributed by atoms with Crippen molar-refractivity contribution >= 4 is 23.5 Å². The van der Waals surface area contributed by atoms with E-state index in [1.54, 1.807) is 26.0 Å². The summed E-state index contributed by atoms with van der Waals surface area (Å²) >= 11 is 5.77. The van der Waals surface area contributed by atoms with E-state index < -0.39 is 23.2 Å². The van der Waals surface area contributed by atoms with Gasteiger partial charge in [-0.2, -0.15) is 0 Å². The highest BCUT2D eigenvalue weighted by atomic mass is 35.5. The lowest BCUT2D eigenvalue weighted by Gasteiger charge is -2.06. The highest BCUT2D eigenvalue weighted by molar-refractivity contribution is 6.30. The van der Waals surface area contributed by atoms with E-state index in [0.29, 0.717) is 11.6 Å². The van der Waals surface area contributed by atoms with Gasteiger partial charge in [-0.3, -0.25) is 9.59 Å². The monoisotopic (exact) mass is 281 g/mol. The van der Waals surface area contributed by atoms with Crippen LogP contribution in [0.25, 0.3) is 0 Å². The zero-order valence-corrected chi connectivity index (χ0v) is 11.6. The van der Waals surface area contributed by atoms with Crippen molar-refractivity contribution in [2.45, 2.75) is 20.4 Å². The van der Waals surface area contributed by atoms with Crippen molar-refractivity contribution < 1.29 is 14.7 Å². The molecule has 5 heteroatoms. The van der Waals surface area contributed by atoms with Gasteiger partial charge in [0.05, 0.1) is 11.8 Å². The van der Waals surface area contributed by atoms with Crippen LogP contribution in [0.15, 0.2) is 24.3 Å². The molecule has 0 unspecified atom stereocenters. The topological polar surface area (TPSA) is 66.4 Å². The molecule has 1 aliphatic carbocycles. The first-order valence-electron chi connectivity index (χ1n) is 6.09. The molecule has 2 atom stereocenters. The Balaban J connectivity index is 1.93. The Kier molecular flexibility index (Phi) is 3.54. The van der Waals surface area contributed by atoms with Crippen molar-refractivity contribution in [2.75, 3.05) is 0 Å². The summed E-state index contributed by atoms with van der Waals surface area (Å²) in [5.74, 6) is -2.14. The van der Waals surface area contributed by atoms with Crippen LogP contribution in [0, 0.1) is 17.3 Å². The Morgan fingerprint density at radius 3 is 2.32 bits per heavy atom. The van der Waals surface area contributed by atoms with E-state index in [1.807, 2.05) is 12.1 Å². The third kappa shape index (κ3) is 2.73. The lowest BCUT2D eigenvalue weighted by molar-refractivity contribution is -0.140. The Hall–Kier alpha value is -1.55. The number of benzene rings is 1. The quantitative estimate of drug-likeness (QED) is 0.890. The van der Waals surface area contributed by atoms with Crippen LogP contribution < -0.4 is 5.32 Å². The van der Waals surface area contributed by atoms with Gasteiger partial charge in [-0.15, -0.1) is 0 Å². The first-order chi connectivity index (χ1) is 8.84. The van der Waals surface area contributed by atoms with Gasteiger partial charge in [-0.25, -0.2) is 0 Å². The largest absolute Gasteiger partial charge is 0.481 e. The average Bonchev–Trinajstić information content (AvgIpc) is 2.91. The van der Waals surface area contributed by atoms with E-state index in [9.17, 15) is 9.59 Å². The smallest absolute Gasteiger partial charge is 0.307 e. The minimum atomic E-state index is -0.906. The molecule has 2 N–H and O–H groups in total. The number of carbonyl (C=O) groups is 2. The first kappa shape index (κ1) is 13.9. The van der Waals surface area contributed by atoms with Crippen LogP contribution in [0.4, 0.5) is 0 Å². The predicted molar refractivity (Wildman–Crippen MR) is 71.7 cm³/mol. The molecule has 1 aliphatic rings. The van der Waals surface area contributed by atoms with Gasteiger partial charge >= 0.3 is 5.97 Å². The van der Waals surface area contributed by atoms with Crippen LogP contribution >= 0.6 is 11.6 Å². The van der Waals surface area contributed by atoms with Gasteiger partial charge in [0, 0.05) is 11.6 Å². The maximum absolute atomic E-state index is 12.0. The summed E-state index contributed by atoms with van der Waals surface area (Å²) in [5.41, 5.74) is 0.471. The van der Waals surface area contributed by atoms with Crippen molar-refractivity contribution in [3.05, 3.63) is 34.9 Å². The maximum atomic E-state index is 12.0. The zero-order valence-electron chi connectivity index (χ0n) is 10.8. The highest BCUT2D eigenvalue weighted by Gasteiger charge is 2.65. The van der Waals surface area contributed by atoms with E-state index in [-0.39, 0.29) is 5.91 Å². The van der Waals surface area contributed by atoms with Crippen LogP contribution in [-0.4, -0.2) is 17.0 Å². The summed E-state index contributed by atoms with van der Waals surface area (Å²) in [6.07, 6.45) is 0. The molecule has 1 amide bonds. The minimum absolute atomic E-state index is 0.202. The van der Waals surface area contributed by atoms with Crippen molar-refractivity contribution in [3.8, 4) is 0 Å². The van der Waals surface area contributed by atoms with Gasteiger partial charge in [-0.1, -0.05) is 37.6 Å². The molecule has 0 bridgehead atoms. The number of hydrogen-bond acceptors (Lipinski definition) is 2. The lowest BCUT2D eigenvalue weighted by Crippen LogP contribution is -2.26. The van der Waals surface area contributed by atoms with E-state index >= 15 is 0 Å². The molecule has 0 aliphatic heterocycles. The van der Waals surface area contributed by atoms with Crippen LogP contribution in [0.2, 0.25) is 5.02 Å². The van der Waals surface area contributed by atoms with Gasteiger partial charge in [0.2, 0.25) is 5.91 Å². The molecule has 0 saturated heterocycles. The molecular weight excluding hydrogens is 266 g/mol. The fraction of sp³-hybridized carbons (Fsp3) is 0.429. The molecule has 1 fully saturated rings. The molecule has 0 heterocycles. The maximum Gasteiger partial charge on any atom is 0.307 e. The number of rotatable bonds is 4. The number of nitrogens with one attached hydrogen (secondary N) is 1. The molecular formula is C14H16ClNO3. The summed E-state index contributed by atoms with van der Waals surface area (Å²) in [4.78, 5) is 23.0. The van der Waals surface area contributed by atoms with Gasteiger partial charge in [0.25, 0.3) is 0 Å². The van der Waals surface area contributed by atoms with E-state index in [4.69, 9.17) is 16.7 Å². The Morgan fingerprint density at radius 2 is 1.84 bits per heavy atom. The standard InChI is InChI=1S/C14H16ClNO3/c1-14(2)10(11(14)13(18)19)12(17)16-7-8-3-5-9(15)6-4-8/h3-6,10-11H,7H2,1-2H3,(H,16,17)(H,18,19)/t10-,11+/m1/s1. The second-order valence-electron chi connectivity index (χ2n) is 5.46. The van der Waals surface area contributed by atoms with Crippen LogP contribution in [0.5, 0.6) is 0 Å². The van der Waals surface area contributed by atoms with E-state index in [1.165, 1.54) is 0 Å². The van der Waals surface area contributed by atoms with Crippen molar-refractivity contribution in [2.24, 2.45) is 17.3 Å². The molecule has 1 saturated carbocycles. The third-order valence-corrected chi connectivity index (χ3v) is 4.01. The summed E-state index contributed by atoms with van der Waals surface area (Å²) in [6, 6.07) is 7.17. The predicted octanol–water partition coefficient (Wildman–Crippen LogP) is 2.31. The molecule has 1 aromatic carbocycles. The number of carboxylic acids is 1. The van der Waals surface area contributed by atoms with Crippen LogP contribution in [0.1, 0.15) is 19.4 Å². The van der Waals surface area contributed by atoms with Gasteiger partial charge in [-0.05, 0) is 23.1 Å². The fourth-order valence-corrected chi connectivity index (χ4v) is 2.62. The Bertz CT molecular complexity index is 510. The normalized spacial score (nSPS) is 23.7. The lowest BCUT2D eigenvalue weighted by atomic mass is 10.1. The Morgan fingerprint density at radius 1 is 1.26 bits per heavy atom. The van der Waals surface area contributed by atoms with E-state index in [0.717, 1.165) is 5.56 Å². The summed E-state index contributed by atoms with van der Waals surface area (Å²) in [7, 11) is 0. The number of hydrogen-bond donors (Lipinski definition) is 2. The number of carbonyl (C=O) groups excluding carboxylic acids is 1. The first-order valence-corrected chi connectivity index (χ1v) is 6.47. The minimum Gasteiger partial charge on any atom is -0.481 e. The second kappa shape index (κ2) is 4.85. The van der Waals surface area contributed by atoms with Gasteiger partial charge in [0.15, 0.2) is 0 Å². The average molecular weight is 282 g/mol. The highest BCUT2D eigenvalue weighted by Crippen LogP contribution is 2.58. The molecule has 0 aromatic heterocycles. The summed E-state index contributed by atoms with van der Waals surface area (Å²) in [6.45, 7) is 3.99. The SMILES string of the molecule is CC1(C)[C@H](C(=O)O)[C@@H]1C(=O)NCc1ccc(Cl)cc1. The zero-order chi connectivity index (χ0) is 14.2. The van der Waals surface area contributed by atoms with Crippen LogP contribution in [0.3, 0.4) is 0 Å². The molecule has 2 rings (SSSR count). The second-order valence-corrected chi connectivity index (χ2v) is 5.90. The fourth-order valence-electron chi connectivity index (χ4n) is 2.49. The van der Waals surface area contributed by atoms with Crippen molar-refractivity contribution in [3.63, 3.8) is 0 Å². The number of amides is 1. The summed E-state index contributed by atoms with van der Waals surface area (Å²) < 4.78 is 0. The van der Waals surface area contributed by atoms with Gasteiger partial charge in [0.1, 0.15) is 0 Å². The van der Waals surface area contributed by atoms with Crippen molar-refractivity contribution in [1.29, 1.82) is 0 Å². The number of carboxylic acid groups (broad SMARTS) is 1. The molecule has 0 spiro atoms. The van der Waals surface area contributed by atoms with E-state index in [2.05, 4.69) is 5.32 Å². The Labute approximate surface area is 116 Å². The molecule has 1 aromatic rings. The van der Waals surface area contributed by atoms with Crippen LogP contribution in [-0.2, 0) is 16.1 Å². The summed E-state index contributed by atoms with van der Waals surface area (Å²) in [5, 5.41) is 12.4. The van der Waals surface area contributed by atoms with Crippen molar-refractivity contribution in [1.82, 2.24) is 5.32 Å². The molecule has 0 radical (unpaired) electrons. The van der Waals surface area contributed by atoms with Gasteiger partial charge < -0.3 is 10.4 Å². The molecule has 102 valence electrons. The third-order valence-electron chi connectivity index (χ3n) is 3.76. The molecule has 19 heavy (non-hydrogen) atoms.